The van der Waals surface area contributed by atoms with Crippen LogP contribution in [0.3, 0.4) is 0 Å². The molecule has 6 nitrogen and oxygen atoms in total. The van der Waals surface area contributed by atoms with Gasteiger partial charge in [0.2, 0.25) is 0 Å². The van der Waals surface area contributed by atoms with E-state index in [0.717, 1.165) is 12.5 Å². The average Bonchev–Trinajstić information content (AvgIpc) is 2.51. The van der Waals surface area contributed by atoms with Gasteiger partial charge in [0.25, 0.3) is 0 Å². The average molecular weight is 288 g/mol. The van der Waals surface area contributed by atoms with E-state index in [-0.39, 0.29) is 11.9 Å². The molecule has 0 unspecified atom stereocenters. The van der Waals surface area contributed by atoms with Crippen LogP contribution in [0.15, 0.2) is 24.8 Å². The topological polar surface area (TPSA) is 78.9 Å². The lowest BCUT2D eigenvalue weighted by atomic mass is 10.4. The molecule has 0 bridgehead atoms. The first-order valence-corrected chi connectivity index (χ1v) is 5.94. The van der Waals surface area contributed by atoms with Crippen LogP contribution in [0.5, 0.6) is 0 Å². The van der Waals surface area contributed by atoms with E-state index in [1.165, 1.54) is 27.4 Å². The van der Waals surface area contributed by atoms with Crippen molar-refractivity contribution in [3.05, 3.63) is 24.8 Å². The summed E-state index contributed by atoms with van der Waals surface area (Å²) in [6, 6.07) is 0. The molecule has 0 atom stereocenters. The lowest BCUT2D eigenvalue weighted by molar-refractivity contribution is -0.140. The van der Waals surface area contributed by atoms with Crippen LogP contribution in [-0.4, -0.2) is 39.2 Å². The number of rotatable bonds is 4. The minimum atomic E-state index is -0.394. The normalized spacial score (nSPS) is 8.25. The largest absolute Gasteiger partial charge is 0.469 e. The highest BCUT2D eigenvalue weighted by molar-refractivity contribution is 5.81. The van der Waals surface area contributed by atoms with Gasteiger partial charge in [0.1, 0.15) is 0 Å². The molecule has 0 N–H and O–H groups in total. The van der Waals surface area contributed by atoms with Gasteiger partial charge < -0.3 is 14.2 Å². The molecule has 0 spiro atoms. The van der Waals surface area contributed by atoms with Gasteiger partial charge in [-0.25, -0.2) is 9.59 Å². The van der Waals surface area contributed by atoms with E-state index in [0.29, 0.717) is 6.42 Å². The Kier molecular flexibility index (Phi) is 22.1. The minimum Gasteiger partial charge on any atom is -0.469 e. The van der Waals surface area contributed by atoms with E-state index in [2.05, 4.69) is 20.8 Å². The Hall–Kier alpha value is -2.11. The second-order valence-electron chi connectivity index (χ2n) is 2.99. The standard InChI is InChI=1S/C6H10O2.C4H8O2.C4H6O2/c1-3-4-5-6(7)8-2;2*1-3-4(5)6-2/h4-5H,3H2,1-2H3;3H2,1-2H3;3H,1H2,2H3/b5-4+;;. The first-order valence-electron chi connectivity index (χ1n) is 5.94. The number of allylic oxidation sites excluding steroid dienone is 1. The predicted molar refractivity (Wildman–Crippen MR) is 76.0 cm³/mol. The van der Waals surface area contributed by atoms with Gasteiger partial charge in [-0.3, -0.25) is 4.79 Å². The van der Waals surface area contributed by atoms with Crippen LogP contribution >= 0.6 is 0 Å². The summed E-state index contributed by atoms with van der Waals surface area (Å²) in [5.74, 6) is -0.836. The molecule has 6 heteroatoms. The van der Waals surface area contributed by atoms with Crippen molar-refractivity contribution in [1.29, 1.82) is 0 Å². The second kappa shape index (κ2) is 19.2. The molecule has 0 aromatic heterocycles. The molecule has 0 amide bonds. The van der Waals surface area contributed by atoms with E-state index >= 15 is 0 Å². The van der Waals surface area contributed by atoms with E-state index < -0.39 is 5.97 Å². The van der Waals surface area contributed by atoms with E-state index in [1.807, 2.05) is 6.92 Å². The van der Waals surface area contributed by atoms with Gasteiger partial charge in [0, 0.05) is 18.6 Å². The third kappa shape index (κ3) is 24.9. The molecule has 0 aromatic rings. The van der Waals surface area contributed by atoms with Gasteiger partial charge in [-0.05, 0) is 6.42 Å². The van der Waals surface area contributed by atoms with Crippen molar-refractivity contribution in [2.24, 2.45) is 0 Å². The molecule has 0 saturated carbocycles. The number of hydrogen-bond acceptors (Lipinski definition) is 6. The van der Waals surface area contributed by atoms with Crippen molar-refractivity contribution in [3.63, 3.8) is 0 Å². The van der Waals surface area contributed by atoms with Crippen molar-refractivity contribution in [1.82, 2.24) is 0 Å². The Morgan fingerprint density at radius 3 is 1.60 bits per heavy atom. The van der Waals surface area contributed by atoms with Gasteiger partial charge >= 0.3 is 17.9 Å². The quantitative estimate of drug-likeness (QED) is 0.447. The summed E-state index contributed by atoms with van der Waals surface area (Å²) in [6.45, 7) is 6.87. The fourth-order valence-corrected chi connectivity index (χ4v) is 0.510. The first-order chi connectivity index (χ1) is 9.42. The van der Waals surface area contributed by atoms with E-state index in [1.54, 1.807) is 13.0 Å². The number of carbonyl (C=O) groups is 3. The van der Waals surface area contributed by atoms with E-state index in [9.17, 15) is 14.4 Å². The van der Waals surface area contributed by atoms with Gasteiger partial charge in [0.15, 0.2) is 0 Å². The maximum absolute atomic E-state index is 10.3. The molecular formula is C14H24O6. The summed E-state index contributed by atoms with van der Waals surface area (Å²) in [4.78, 5) is 30.1. The summed E-state index contributed by atoms with van der Waals surface area (Å²) < 4.78 is 12.7. The predicted octanol–water partition coefficient (Wildman–Crippen LogP) is 2.04. The zero-order valence-corrected chi connectivity index (χ0v) is 12.8. The first kappa shape index (κ1) is 23.0. The number of methoxy groups -OCH3 is 3. The van der Waals surface area contributed by atoms with Crippen molar-refractivity contribution in [2.45, 2.75) is 26.7 Å². The maximum atomic E-state index is 10.3. The summed E-state index contributed by atoms with van der Waals surface area (Å²) in [5, 5.41) is 0. The van der Waals surface area contributed by atoms with Gasteiger partial charge in [-0.2, -0.15) is 0 Å². The van der Waals surface area contributed by atoms with Crippen LogP contribution in [0.25, 0.3) is 0 Å². The summed E-state index contributed by atoms with van der Waals surface area (Å²) in [6.07, 6.45) is 5.62. The second-order valence-corrected chi connectivity index (χ2v) is 2.99. The van der Waals surface area contributed by atoms with Crippen LogP contribution in [0.2, 0.25) is 0 Å². The Balaban J connectivity index is -0.000000221. The fraction of sp³-hybridized carbons (Fsp3) is 0.500. The fourth-order valence-electron chi connectivity index (χ4n) is 0.510. The zero-order valence-electron chi connectivity index (χ0n) is 12.8. The molecule has 0 radical (unpaired) electrons. The monoisotopic (exact) mass is 288 g/mol. The molecule has 116 valence electrons. The van der Waals surface area contributed by atoms with E-state index in [4.69, 9.17) is 0 Å². The molecule has 0 fully saturated rings. The third-order valence-corrected chi connectivity index (χ3v) is 1.58. The lowest BCUT2D eigenvalue weighted by Gasteiger charge is -1.87. The van der Waals surface area contributed by atoms with Crippen LogP contribution < -0.4 is 0 Å². The molecular weight excluding hydrogens is 264 g/mol. The molecule has 0 aromatic carbocycles. The number of carbonyl (C=O) groups excluding carboxylic acids is 3. The Labute approximate surface area is 120 Å². The molecule has 0 saturated heterocycles. The number of esters is 3. The Morgan fingerprint density at radius 2 is 1.45 bits per heavy atom. The summed E-state index contributed by atoms with van der Waals surface area (Å²) >= 11 is 0. The van der Waals surface area contributed by atoms with Crippen molar-refractivity contribution < 1.29 is 28.6 Å². The molecule has 0 aliphatic heterocycles. The number of ether oxygens (including phenoxy) is 3. The molecule has 20 heavy (non-hydrogen) atoms. The summed E-state index contributed by atoms with van der Waals surface area (Å²) in [7, 11) is 4.05. The third-order valence-electron chi connectivity index (χ3n) is 1.58. The zero-order chi connectivity index (χ0) is 16.4. The van der Waals surface area contributed by atoms with Gasteiger partial charge in [-0.1, -0.05) is 26.5 Å². The highest BCUT2D eigenvalue weighted by Crippen LogP contribution is 1.80. The Morgan fingerprint density at radius 1 is 0.950 bits per heavy atom. The van der Waals surface area contributed by atoms with Crippen LogP contribution in [0.1, 0.15) is 26.7 Å². The minimum absolute atomic E-state index is 0.157. The highest BCUT2D eigenvalue weighted by Gasteiger charge is 1.87. The SMILES string of the molecule is C=CC(=O)OC.CC/C=C/C(=O)OC.CCC(=O)OC. The highest BCUT2D eigenvalue weighted by atomic mass is 16.5. The van der Waals surface area contributed by atoms with Crippen LogP contribution in [0, 0.1) is 0 Å². The molecule has 0 heterocycles. The number of hydrogen-bond donors (Lipinski definition) is 0. The summed E-state index contributed by atoms with van der Waals surface area (Å²) in [5.41, 5.74) is 0. The van der Waals surface area contributed by atoms with Crippen molar-refractivity contribution in [3.8, 4) is 0 Å². The smallest absolute Gasteiger partial charge is 0.330 e. The van der Waals surface area contributed by atoms with Gasteiger partial charge in [0.05, 0.1) is 21.3 Å². The van der Waals surface area contributed by atoms with Crippen LogP contribution in [-0.2, 0) is 28.6 Å². The van der Waals surface area contributed by atoms with Crippen molar-refractivity contribution in [2.75, 3.05) is 21.3 Å². The molecule has 0 aliphatic rings. The molecule has 0 aliphatic carbocycles. The van der Waals surface area contributed by atoms with Crippen LogP contribution in [0.4, 0.5) is 0 Å². The Bertz CT molecular complexity index is 301. The van der Waals surface area contributed by atoms with Crippen molar-refractivity contribution >= 4 is 17.9 Å². The molecule has 0 rings (SSSR count). The maximum Gasteiger partial charge on any atom is 0.330 e. The van der Waals surface area contributed by atoms with Gasteiger partial charge in [-0.15, -0.1) is 0 Å². The lowest BCUT2D eigenvalue weighted by Crippen LogP contribution is -1.94.